The number of esters is 1. The van der Waals surface area contributed by atoms with Crippen molar-refractivity contribution in [3.63, 3.8) is 0 Å². The minimum Gasteiger partial charge on any atom is -0.469 e. The van der Waals surface area contributed by atoms with E-state index in [2.05, 4.69) is 42.5 Å². The first-order valence-electron chi connectivity index (χ1n) is 10.3. The average Bonchev–Trinajstić information content (AvgIpc) is 3.23. The lowest BCUT2D eigenvalue weighted by molar-refractivity contribution is -0.151. The molecule has 1 atom stereocenters. The second kappa shape index (κ2) is 8.86. The first-order chi connectivity index (χ1) is 15.0. The maximum absolute atomic E-state index is 12.8. The van der Waals surface area contributed by atoms with Gasteiger partial charge in [-0.3, -0.25) is 9.79 Å². The van der Waals surface area contributed by atoms with Gasteiger partial charge in [-0.1, -0.05) is 78.9 Å². The van der Waals surface area contributed by atoms with Gasteiger partial charge in [0.2, 0.25) is 0 Å². The monoisotopic (exact) mass is 427 g/mol. The molecule has 0 radical (unpaired) electrons. The van der Waals surface area contributed by atoms with Crippen molar-refractivity contribution >= 4 is 33.1 Å². The lowest BCUT2D eigenvalue weighted by Gasteiger charge is -2.29. The van der Waals surface area contributed by atoms with Gasteiger partial charge in [0.25, 0.3) is 0 Å². The van der Waals surface area contributed by atoms with Crippen LogP contribution in [0.4, 0.5) is 0 Å². The molecule has 0 amide bonds. The van der Waals surface area contributed by atoms with Crippen molar-refractivity contribution in [2.24, 2.45) is 10.4 Å². The third kappa shape index (κ3) is 4.30. The van der Waals surface area contributed by atoms with E-state index < -0.39 is 11.5 Å². The molecule has 0 spiro atoms. The molecule has 4 rings (SSSR count). The van der Waals surface area contributed by atoms with Crippen LogP contribution in [0, 0.1) is 5.41 Å². The average molecular weight is 428 g/mol. The van der Waals surface area contributed by atoms with Crippen LogP contribution in [0.5, 0.6) is 0 Å². The molecule has 3 aromatic carbocycles. The summed E-state index contributed by atoms with van der Waals surface area (Å²) in [4.78, 5) is 19.1. The van der Waals surface area contributed by atoms with Crippen molar-refractivity contribution in [2.45, 2.75) is 19.9 Å². The number of carbonyl (C=O) groups is 1. The summed E-state index contributed by atoms with van der Waals surface area (Å²) in [7, 11) is 1.44. The SMILES string of the molecule is COC(=O)C(C)(C)C(N=C(c1ccccc1)c1ccccc1)c1cc2ccccc2s1. The first-order valence-corrected chi connectivity index (χ1v) is 11.1. The van der Waals surface area contributed by atoms with Crippen LogP contribution >= 0.6 is 11.3 Å². The number of carbonyl (C=O) groups excluding carboxylic acids is 1. The van der Waals surface area contributed by atoms with Crippen molar-refractivity contribution in [3.05, 3.63) is 107 Å². The summed E-state index contributed by atoms with van der Waals surface area (Å²) >= 11 is 1.68. The standard InChI is InChI=1S/C27H25NO2S/c1-27(2,26(29)30-3)25(23-18-21-16-10-11-17-22(21)31-23)28-24(19-12-6-4-7-13-19)20-14-8-5-9-15-20/h4-18,25H,1-3H3. The molecule has 0 fully saturated rings. The maximum atomic E-state index is 12.8. The molecular formula is C27H25NO2S. The maximum Gasteiger partial charge on any atom is 0.313 e. The highest BCUT2D eigenvalue weighted by molar-refractivity contribution is 7.19. The van der Waals surface area contributed by atoms with Crippen LogP contribution in [-0.2, 0) is 9.53 Å². The quantitative estimate of drug-likeness (QED) is 0.254. The lowest BCUT2D eigenvalue weighted by Crippen LogP contribution is -2.32. The minimum absolute atomic E-state index is 0.279. The summed E-state index contributed by atoms with van der Waals surface area (Å²) in [5.41, 5.74) is 2.05. The largest absolute Gasteiger partial charge is 0.469 e. The van der Waals surface area contributed by atoms with Gasteiger partial charge in [-0.2, -0.15) is 0 Å². The Morgan fingerprint density at radius 2 is 1.42 bits per heavy atom. The second-order valence-electron chi connectivity index (χ2n) is 8.01. The molecule has 4 heteroatoms. The van der Waals surface area contributed by atoms with Crippen molar-refractivity contribution in [1.29, 1.82) is 0 Å². The number of hydrogen-bond acceptors (Lipinski definition) is 4. The summed E-state index contributed by atoms with van der Waals surface area (Å²) < 4.78 is 6.36. The van der Waals surface area contributed by atoms with Gasteiger partial charge >= 0.3 is 5.97 Å². The van der Waals surface area contributed by atoms with E-state index in [1.807, 2.05) is 62.4 Å². The number of fused-ring (bicyclic) bond motifs is 1. The fourth-order valence-corrected chi connectivity index (χ4v) is 5.02. The Kier molecular flexibility index (Phi) is 6.01. The Morgan fingerprint density at radius 3 is 1.97 bits per heavy atom. The fourth-order valence-electron chi connectivity index (χ4n) is 3.73. The van der Waals surface area contributed by atoms with E-state index in [0.717, 1.165) is 27.1 Å². The molecule has 3 nitrogen and oxygen atoms in total. The van der Waals surface area contributed by atoms with Gasteiger partial charge in [0.05, 0.1) is 18.2 Å². The highest BCUT2D eigenvalue weighted by Gasteiger charge is 2.40. The highest BCUT2D eigenvalue weighted by atomic mass is 32.1. The predicted octanol–water partition coefficient (Wildman–Crippen LogP) is 6.68. The van der Waals surface area contributed by atoms with Gasteiger partial charge in [-0.25, -0.2) is 0 Å². The number of methoxy groups -OCH3 is 1. The van der Waals surface area contributed by atoms with Gasteiger partial charge in [0, 0.05) is 20.7 Å². The van der Waals surface area contributed by atoms with Crippen molar-refractivity contribution in [3.8, 4) is 0 Å². The molecule has 31 heavy (non-hydrogen) atoms. The van der Waals surface area contributed by atoms with E-state index in [1.54, 1.807) is 11.3 Å². The summed E-state index contributed by atoms with van der Waals surface area (Å²) in [5, 5.41) is 1.16. The van der Waals surface area contributed by atoms with Crippen LogP contribution in [0.15, 0.2) is 96.0 Å². The van der Waals surface area contributed by atoms with Crippen LogP contribution in [0.2, 0.25) is 0 Å². The number of nitrogens with zero attached hydrogens (tertiary/aromatic N) is 1. The summed E-state index contributed by atoms with van der Waals surface area (Å²) in [6.07, 6.45) is 0. The Balaban J connectivity index is 1.94. The van der Waals surface area contributed by atoms with Gasteiger partial charge in [-0.05, 0) is 31.4 Å². The van der Waals surface area contributed by atoms with Crippen molar-refractivity contribution in [1.82, 2.24) is 0 Å². The van der Waals surface area contributed by atoms with Crippen LogP contribution in [0.1, 0.15) is 35.9 Å². The number of thiophene rings is 1. The predicted molar refractivity (Wildman–Crippen MR) is 129 cm³/mol. The third-order valence-electron chi connectivity index (χ3n) is 5.46. The van der Waals surface area contributed by atoms with Gasteiger partial charge in [0.1, 0.15) is 6.04 Å². The molecule has 1 unspecified atom stereocenters. The summed E-state index contributed by atoms with van der Waals surface area (Å²) in [5.74, 6) is -0.279. The Bertz CT molecular complexity index is 1140. The zero-order chi connectivity index (χ0) is 21.8. The number of benzene rings is 3. The van der Waals surface area contributed by atoms with E-state index in [0.29, 0.717) is 0 Å². The van der Waals surface area contributed by atoms with Crippen LogP contribution in [-0.4, -0.2) is 18.8 Å². The topological polar surface area (TPSA) is 38.7 Å². The smallest absolute Gasteiger partial charge is 0.313 e. The van der Waals surface area contributed by atoms with Gasteiger partial charge in [0.15, 0.2) is 0 Å². The molecular weight excluding hydrogens is 402 g/mol. The van der Waals surface area contributed by atoms with Gasteiger partial charge in [-0.15, -0.1) is 11.3 Å². The highest BCUT2D eigenvalue weighted by Crippen LogP contribution is 2.43. The van der Waals surface area contributed by atoms with E-state index in [-0.39, 0.29) is 5.97 Å². The molecule has 0 N–H and O–H groups in total. The van der Waals surface area contributed by atoms with E-state index in [4.69, 9.17) is 9.73 Å². The van der Waals surface area contributed by atoms with Crippen molar-refractivity contribution in [2.75, 3.05) is 7.11 Å². The molecule has 0 saturated heterocycles. The zero-order valence-electron chi connectivity index (χ0n) is 17.9. The molecule has 4 aromatic rings. The molecule has 0 saturated carbocycles. The van der Waals surface area contributed by atoms with E-state index >= 15 is 0 Å². The van der Waals surface area contributed by atoms with Gasteiger partial charge < -0.3 is 4.74 Å². The fraction of sp³-hybridized carbons (Fsp3) is 0.185. The number of hydrogen-bond donors (Lipinski definition) is 0. The van der Waals surface area contributed by atoms with E-state index in [1.165, 1.54) is 11.8 Å². The minimum atomic E-state index is -0.843. The molecule has 0 bridgehead atoms. The number of aliphatic imine (C=N–C) groups is 1. The normalized spacial score (nSPS) is 12.4. The third-order valence-corrected chi connectivity index (χ3v) is 6.63. The van der Waals surface area contributed by atoms with Crippen LogP contribution < -0.4 is 0 Å². The zero-order valence-corrected chi connectivity index (χ0v) is 18.7. The molecule has 1 heterocycles. The molecule has 0 aliphatic rings. The second-order valence-corrected chi connectivity index (χ2v) is 9.13. The van der Waals surface area contributed by atoms with Crippen LogP contribution in [0.3, 0.4) is 0 Å². The summed E-state index contributed by atoms with van der Waals surface area (Å²) in [6.45, 7) is 3.82. The number of rotatable bonds is 6. The lowest BCUT2D eigenvalue weighted by atomic mass is 9.83. The van der Waals surface area contributed by atoms with E-state index in [9.17, 15) is 4.79 Å². The summed E-state index contributed by atoms with van der Waals surface area (Å²) in [6, 6.07) is 30.2. The molecule has 0 aliphatic carbocycles. The Hall–Kier alpha value is -3.24. The molecule has 156 valence electrons. The van der Waals surface area contributed by atoms with Crippen molar-refractivity contribution < 1.29 is 9.53 Å². The molecule has 0 aliphatic heterocycles. The van der Waals surface area contributed by atoms with Crippen LogP contribution in [0.25, 0.3) is 10.1 Å². The number of ether oxygens (including phenoxy) is 1. The molecule has 1 aromatic heterocycles. The first kappa shape index (κ1) is 21.0. The Morgan fingerprint density at radius 1 is 0.871 bits per heavy atom. The Labute approximate surface area is 187 Å².